The van der Waals surface area contributed by atoms with Gasteiger partial charge in [-0.05, 0) is 13.8 Å². The molecule has 0 spiro atoms. The van der Waals surface area contributed by atoms with E-state index >= 15 is 0 Å². The molecule has 0 radical (unpaired) electrons. The number of rotatable bonds is 2. The maximum Gasteiger partial charge on any atom is 0.243 e. The number of amides is 2. The molecule has 5 heteroatoms. The molecule has 64 valence electrons. The highest BCUT2D eigenvalue weighted by Crippen LogP contribution is 1.78. The van der Waals surface area contributed by atoms with Crippen LogP contribution in [0.4, 0.5) is 0 Å². The van der Waals surface area contributed by atoms with Crippen molar-refractivity contribution in [3.63, 3.8) is 0 Å². The van der Waals surface area contributed by atoms with Crippen molar-refractivity contribution in [2.24, 2.45) is 11.5 Å². The summed E-state index contributed by atoms with van der Waals surface area (Å²) < 4.78 is 0. The Labute approximate surface area is 65.1 Å². The fourth-order valence-electron chi connectivity index (χ4n) is 0.349. The summed E-state index contributed by atoms with van der Waals surface area (Å²) in [6, 6.07) is -1.37. The van der Waals surface area contributed by atoms with E-state index in [0.29, 0.717) is 0 Å². The molecule has 0 aromatic heterocycles. The number of imide groups is 1. The van der Waals surface area contributed by atoms with Crippen LogP contribution >= 0.6 is 0 Å². The number of nitrogens with one attached hydrogen (secondary N) is 1. The van der Waals surface area contributed by atoms with E-state index in [2.05, 4.69) is 5.32 Å². The monoisotopic (exact) mass is 159 g/mol. The zero-order valence-corrected chi connectivity index (χ0v) is 6.63. The first-order valence-corrected chi connectivity index (χ1v) is 3.31. The van der Waals surface area contributed by atoms with Crippen LogP contribution in [0, 0.1) is 0 Å². The van der Waals surface area contributed by atoms with Crippen LogP contribution in [0.1, 0.15) is 13.8 Å². The minimum Gasteiger partial charge on any atom is -0.320 e. The van der Waals surface area contributed by atoms with E-state index in [9.17, 15) is 9.59 Å². The fourth-order valence-corrected chi connectivity index (χ4v) is 0.349. The van der Waals surface area contributed by atoms with Gasteiger partial charge in [0.15, 0.2) is 0 Å². The molecule has 11 heavy (non-hydrogen) atoms. The minimum absolute atomic E-state index is 0.507. The van der Waals surface area contributed by atoms with Gasteiger partial charge in [0.1, 0.15) is 0 Å². The lowest BCUT2D eigenvalue weighted by Gasteiger charge is -2.07. The van der Waals surface area contributed by atoms with Crippen LogP contribution in [-0.4, -0.2) is 23.9 Å². The Hall–Kier alpha value is -0.940. The van der Waals surface area contributed by atoms with Crippen LogP contribution in [0.3, 0.4) is 0 Å². The van der Waals surface area contributed by atoms with Gasteiger partial charge in [0, 0.05) is 0 Å². The van der Waals surface area contributed by atoms with E-state index in [0.717, 1.165) is 0 Å². The molecule has 0 saturated heterocycles. The van der Waals surface area contributed by atoms with Gasteiger partial charge in [-0.3, -0.25) is 14.9 Å². The van der Waals surface area contributed by atoms with Gasteiger partial charge in [-0.1, -0.05) is 0 Å². The molecule has 0 aliphatic heterocycles. The van der Waals surface area contributed by atoms with E-state index in [1.54, 1.807) is 0 Å². The van der Waals surface area contributed by atoms with Crippen molar-refractivity contribution in [1.82, 2.24) is 5.32 Å². The van der Waals surface area contributed by atoms with Crippen molar-refractivity contribution in [3.05, 3.63) is 0 Å². The topological polar surface area (TPSA) is 98.2 Å². The fraction of sp³-hybridized carbons (Fsp3) is 0.667. The Kier molecular flexibility index (Phi) is 3.70. The highest BCUT2D eigenvalue weighted by Gasteiger charge is 2.13. The number of carbonyl (C=O) groups excluding carboxylic acids is 2. The van der Waals surface area contributed by atoms with Gasteiger partial charge in [-0.25, -0.2) is 0 Å². The number of hydrogen-bond donors (Lipinski definition) is 3. The molecule has 0 aliphatic carbocycles. The van der Waals surface area contributed by atoms with Gasteiger partial charge in [-0.2, -0.15) is 0 Å². The van der Waals surface area contributed by atoms with E-state index in [1.807, 2.05) is 0 Å². The third kappa shape index (κ3) is 3.69. The number of nitrogens with two attached hydrogens (primary N) is 2. The molecule has 0 saturated carbocycles. The van der Waals surface area contributed by atoms with Gasteiger partial charge in [-0.15, -0.1) is 0 Å². The molecule has 0 aromatic carbocycles. The van der Waals surface area contributed by atoms with Gasteiger partial charge in [0.2, 0.25) is 11.8 Å². The van der Waals surface area contributed by atoms with Crippen LogP contribution in [0.25, 0.3) is 0 Å². The molecule has 0 aromatic rings. The normalized spacial score (nSPS) is 15.3. The average molecular weight is 159 g/mol. The molecule has 2 amide bonds. The van der Waals surface area contributed by atoms with Crippen molar-refractivity contribution in [1.29, 1.82) is 0 Å². The predicted octanol–water partition coefficient (Wildman–Crippen LogP) is -1.68. The first-order chi connectivity index (χ1) is 4.95. The molecule has 0 bridgehead atoms. The van der Waals surface area contributed by atoms with Crippen molar-refractivity contribution < 1.29 is 9.59 Å². The smallest absolute Gasteiger partial charge is 0.243 e. The zero-order valence-electron chi connectivity index (χ0n) is 6.63. The molecule has 0 heterocycles. The Balaban J connectivity index is 3.86. The zero-order chi connectivity index (χ0) is 9.02. The third-order valence-corrected chi connectivity index (χ3v) is 1.07. The summed E-state index contributed by atoms with van der Waals surface area (Å²) in [5, 5.41) is 2.05. The van der Waals surface area contributed by atoms with E-state index < -0.39 is 23.9 Å². The van der Waals surface area contributed by atoms with Crippen LogP contribution in [0.2, 0.25) is 0 Å². The second-order valence-electron chi connectivity index (χ2n) is 2.43. The predicted molar refractivity (Wildman–Crippen MR) is 40.4 cm³/mol. The van der Waals surface area contributed by atoms with Crippen LogP contribution in [0.15, 0.2) is 0 Å². The second kappa shape index (κ2) is 4.05. The highest BCUT2D eigenvalue weighted by molar-refractivity contribution is 5.99. The SMILES string of the molecule is CC(N)C(=O)NC(=O)C(C)N. The highest BCUT2D eigenvalue weighted by atomic mass is 16.2. The summed E-state index contributed by atoms with van der Waals surface area (Å²) >= 11 is 0. The Morgan fingerprint density at radius 2 is 1.36 bits per heavy atom. The Morgan fingerprint density at radius 3 is 1.55 bits per heavy atom. The first kappa shape index (κ1) is 10.1. The van der Waals surface area contributed by atoms with E-state index in [-0.39, 0.29) is 0 Å². The summed E-state index contributed by atoms with van der Waals surface area (Å²) in [7, 11) is 0. The van der Waals surface area contributed by atoms with Crippen LogP contribution < -0.4 is 16.8 Å². The van der Waals surface area contributed by atoms with Crippen LogP contribution in [-0.2, 0) is 9.59 Å². The van der Waals surface area contributed by atoms with Gasteiger partial charge in [0.05, 0.1) is 12.1 Å². The lowest BCUT2D eigenvalue weighted by molar-refractivity contribution is -0.131. The van der Waals surface area contributed by atoms with Crippen molar-refractivity contribution in [2.45, 2.75) is 25.9 Å². The maximum atomic E-state index is 10.7. The quantitative estimate of drug-likeness (QED) is 0.448. The third-order valence-electron chi connectivity index (χ3n) is 1.07. The molecule has 0 aliphatic rings. The Bertz CT molecular complexity index is 147. The number of carbonyl (C=O) groups is 2. The molecule has 2 atom stereocenters. The summed E-state index contributed by atoms with van der Waals surface area (Å²) in [6.07, 6.45) is 0. The van der Waals surface area contributed by atoms with Gasteiger partial charge < -0.3 is 11.5 Å². The molecule has 5 N–H and O–H groups in total. The lowest BCUT2D eigenvalue weighted by atomic mass is 10.3. The van der Waals surface area contributed by atoms with Crippen molar-refractivity contribution in [3.8, 4) is 0 Å². The van der Waals surface area contributed by atoms with Gasteiger partial charge >= 0.3 is 0 Å². The van der Waals surface area contributed by atoms with E-state index in [4.69, 9.17) is 11.5 Å². The number of hydrogen-bond acceptors (Lipinski definition) is 4. The summed E-state index contributed by atoms with van der Waals surface area (Å²) in [4.78, 5) is 21.5. The molecular formula is C6H13N3O2. The lowest BCUT2D eigenvalue weighted by Crippen LogP contribution is -2.47. The molecular weight excluding hydrogens is 146 g/mol. The van der Waals surface area contributed by atoms with E-state index in [1.165, 1.54) is 13.8 Å². The summed E-state index contributed by atoms with van der Waals surface area (Å²) in [5.41, 5.74) is 10.4. The molecule has 5 nitrogen and oxygen atoms in total. The molecule has 2 unspecified atom stereocenters. The largest absolute Gasteiger partial charge is 0.320 e. The summed E-state index contributed by atoms with van der Waals surface area (Å²) in [6.45, 7) is 2.98. The standard InChI is InChI=1S/C6H13N3O2/c1-3(7)5(10)9-6(11)4(2)8/h3-4H,7-8H2,1-2H3,(H,9,10,11). The Morgan fingerprint density at radius 1 is 1.09 bits per heavy atom. The van der Waals surface area contributed by atoms with Crippen molar-refractivity contribution >= 4 is 11.8 Å². The van der Waals surface area contributed by atoms with Crippen molar-refractivity contribution in [2.75, 3.05) is 0 Å². The molecule has 0 rings (SSSR count). The van der Waals surface area contributed by atoms with Gasteiger partial charge in [0.25, 0.3) is 0 Å². The first-order valence-electron chi connectivity index (χ1n) is 3.31. The maximum absolute atomic E-state index is 10.7. The average Bonchev–Trinajstić information content (AvgIpc) is 1.87. The van der Waals surface area contributed by atoms with Crippen LogP contribution in [0.5, 0.6) is 0 Å². The second-order valence-corrected chi connectivity index (χ2v) is 2.43. The molecule has 0 fully saturated rings. The summed E-state index contributed by atoms with van der Waals surface area (Å²) in [5.74, 6) is -1.01. The minimum atomic E-state index is -0.683.